The van der Waals surface area contributed by atoms with E-state index in [1.807, 2.05) is 0 Å². The molecule has 0 aromatic heterocycles. The zero-order chi connectivity index (χ0) is 5.41. The number of nitrogens with zero attached hydrogens (tertiary/aromatic N) is 1. The topological polar surface area (TPSA) is 0 Å². The Morgan fingerprint density at radius 3 is 2.00 bits per heavy atom. The van der Waals surface area contributed by atoms with Crippen LogP contribution in [0.1, 0.15) is 12.8 Å². The van der Waals surface area contributed by atoms with Crippen molar-refractivity contribution in [3.05, 3.63) is 0 Å². The van der Waals surface area contributed by atoms with Gasteiger partial charge in [0, 0.05) is 18.8 Å². The van der Waals surface area contributed by atoms with Crippen molar-refractivity contribution in [1.29, 1.82) is 0 Å². The second-order valence-corrected chi connectivity index (χ2v) is 4.05. The summed E-state index contributed by atoms with van der Waals surface area (Å²) in [7, 11) is 2.42. The van der Waals surface area contributed by atoms with Gasteiger partial charge >= 0.3 is 0 Å². The lowest BCUT2D eigenvalue weighted by molar-refractivity contribution is -0.806. The molecule has 0 atom stereocenters. The van der Waals surface area contributed by atoms with Crippen LogP contribution in [0.15, 0.2) is 0 Å². The molecule has 1 heteroatoms. The van der Waals surface area contributed by atoms with Gasteiger partial charge in [0.2, 0.25) is 0 Å². The number of hydrogen-bond acceptors (Lipinski definition) is 0. The third kappa shape index (κ3) is 0.218. The Kier molecular flexibility index (Phi) is 0.334. The molecule has 2 aliphatic carbocycles. The lowest BCUT2D eigenvalue weighted by atomic mass is 10.3. The first-order chi connectivity index (χ1) is 3.77. The molecule has 0 spiro atoms. The molecule has 1 aliphatic heterocycles. The molecule has 8 heavy (non-hydrogen) atoms. The van der Waals surface area contributed by atoms with E-state index < -0.39 is 0 Å². The fourth-order valence-electron chi connectivity index (χ4n) is 2.15. The number of likely N-dealkylation sites (N-methyl/N-ethyl adjacent to an activating group) is 1. The van der Waals surface area contributed by atoms with Crippen LogP contribution in [0.4, 0.5) is 0 Å². The maximum atomic E-state index is 2.42. The first kappa shape index (κ1) is 3.89. The molecule has 44 valence electrons. The van der Waals surface area contributed by atoms with Gasteiger partial charge in [-0.1, -0.05) is 0 Å². The van der Waals surface area contributed by atoms with E-state index in [1.165, 1.54) is 23.5 Å². The van der Waals surface area contributed by atoms with Crippen LogP contribution in [0.25, 0.3) is 0 Å². The molecule has 3 rings (SSSR count). The summed E-state index contributed by atoms with van der Waals surface area (Å²) in [4.78, 5) is 0. The lowest BCUT2D eigenvalue weighted by Gasteiger charge is -2.14. The van der Waals surface area contributed by atoms with Gasteiger partial charge in [-0.3, -0.25) is 0 Å². The average molecular weight is 110 g/mol. The SMILES string of the molecule is C[N+]1(C23CC2C3)CC1. The molecule has 0 aromatic carbocycles. The fraction of sp³-hybridized carbons (Fsp3) is 1.00. The molecular formula is C7H12N+. The summed E-state index contributed by atoms with van der Waals surface area (Å²) in [6.45, 7) is 2.97. The van der Waals surface area contributed by atoms with Crippen LogP contribution in [-0.4, -0.2) is 30.2 Å². The van der Waals surface area contributed by atoms with Crippen LogP contribution in [0.5, 0.6) is 0 Å². The van der Waals surface area contributed by atoms with Crippen LogP contribution in [-0.2, 0) is 0 Å². The molecule has 1 saturated heterocycles. The predicted octanol–water partition coefficient (Wildman–Crippen LogP) is 0.609. The molecule has 0 bridgehead atoms. The zero-order valence-electron chi connectivity index (χ0n) is 5.35. The Hall–Kier alpha value is -0.0400. The van der Waals surface area contributed by atoms with E-state index in [1.54, 1.807) is 12.8 Å². The summed E-state index contributed by atoms with van der Waals surface area (Å²) in [5, 5.41) is 0. The summed E-state index contributed by atoms with van der Waals surface area (Å²) in [6, 6.07) is 0. The lowest BCUT2D eigenvalue weighted by Crippen LogP contribution is -2.28. The van der Waals surface area contributed by atoms with Crippen LogP contribution in [0.3, 0.4) is 0 Å². The van der Waals surface area contributed by atoms with E-state index >= 15 is 0 Å². The van der Waals surface area contributed by atoms with Gasteiger partial charge in [0.25, 0.3) is 0 Å². The molecule has 0 amide bonds. The van der Waals surface area contributed by atoms with Crippen LogP contribution < -0.4 is 0 Å². The molecule has 1 heterocycles. The fourth-order valence-corrected chi connectivity index (χ4v) is 2.15. The Labute approximate surface area is 49.9 Å². The minimum atomic E-state index is 0.903. The quantitative estimate of drug-likeness (QED) is 0.343. The monoisotopic (exact) mass is 110 g/mol. The van der Waals surface area contributed by atoms with E-state index in [4.69, 9.17) is 0 Å². The van der Waals surface area contributed by atoms with Crippen molar-refractivity contribution in [2.24, 2.45) is 5.92 Å². The van der Waals surface area contributed by atoms with Crippen LogP contribution in [0, 0.1) is 5.92 Å². The van der Waals surface area contributed by atoms with Crippen molar-refractivity contribution in [3.8, 4) is 0 Å². The highest BCUT2D eigenvalue weighted by Gasteiger charge is 2.83. The van der Waals surface area contributed by atoms with Gasteiger partial charge in [0.1, 0.15) is 18.6 Å². The van der Waals surface area contributed by atoms with Gasteiger partial charge in [0.05, 0.1) is 7.05 Å². The van der Waals surface area contributed by atoms with Gasteiger partial charge < -0.3 is 4.48 Å². The smallest absolute Gasteiger partial charge is 0.129 e. The van der Waals surface area contributed by atoms with Gasteiger partial charge in [-0.2, -0.15) is 0 Å². The highest BCUT2D eigenvalue weighted by Crippen LogP contribution is 2.74. The van der Waals surface area contributed by atoms with E-state index in [2.05, 4.69) is 7.05 Å². The highest BCUT2D eigenvalue weighted by atomic mass is 15.5. The van der Waals surface area contributed by atoms with Crippen molar-refractivity contribution in [3.63, 3.8) is 0 Å². The Morgan fingerprint density at radius 1 is 1.38 bits per heavy atom. The van der Waals surface area contributed by atoms with Gasteiger partial charge in [-0.05, 0) is 0 Å². The normalized spacial score (nSPS) is 61.9. The Bertz CT molecular complexity index is 146. The summed E-state index contributed by atoms with van der Waals surface area (Å²) in [5.41, 5.74) is 0.903. The number of rotatable bonds is 1. The number of fused-ring (bicyclic) bond motifs is 1. The van der Waals surface area contributed by atoms with Crippen LogP contribution >= 0.6 is 0 Å². The van der Waals surface area contributed by atoms with Crippen LogP contribution in [0.2, 0.25) is 0 Å². The standard InChI is InChI=1S/C7H12N/c1-8(2-3-8)7-4-6(7)5-7/h6H,2-5H2,1H3/q+1. The average Bonchev–Trinajstić information content (AvgIpc) is 2.16. The van der Waals surface area contributed by atoms with Crippen molar-refractivity contribution >= 4 is 0 Å². The van der Waals surface area contributed by atoms with Crippen molar-refractivity contribution in [1.82, 2.24) is 0 Å². The summed E-state index contributed by atoms with van der Waals surface area (Å²) in [5.74, 6) is 1.19. The molecule has 0 N–H and O–H groups in total. The van der Waals surface area contributed by atoms with Gasteiger partial charge in [0.15, 0.2) is 0 Å². The third-order valence-corrected chi connectivity index (χ3v) is 3.61. The largest absolute Gasteiger partial charge is 0.312 e. The van der Waals surface area contributed by atoms with E-state index in [9.17, 15) is 0 Å². The second-order valence-electron chi connectivity index (χ2n) is 4.05. The van der Waals surface area contributed by atoms with E-state index in [-0.39, 0.29) is 0 Å². The molecular weight excluding hydrogens is 98.1 g/mol. The molecule has 0 radical (unpaired) electrons. The summed E-state index contributed by atoms with van der Waals surface area (Å²) >= 11 is 0. The third-order valence-electron chi connectivity index (χ3n) is 3.61. The first-order valence-electron chi connectivity index (χ1n) is 3.62. The van der Waals surface area contributed by atoms with E-state index in [0.29, 0.717) is 0 Å². The predicted molar refractivity (Wildman–Crippen MR) is 31.4 cm³/mol. The maximum absolute atomic E-state index is 2.42. The molecule has 3 fully saturated rings. The molecule has 0 aromatic rings. The van der Waals surface area contributed by atoms with Crippen molar-refractivity contribution in [2.75, 3.05) is 20.1 Å². The molecule has 0 unspecified atom stereocenters. The number of quaternary nitrogens is 1. The minimum Gasteiger partial charge on any atom is -0.312 e. The minimum absolute atomic E-state index is 0.903. The Morgan fingerprint density at radius 2 is 1.88 bits per heavy atom. The van der Waals surface area contributed by atoms with E-state index in [0.717, 1.165) is 5.54 Å². The van der Waals surface area contributed by atoms with Gasteiger partial charge in [-0.25, -0.2) is 0 Å². The zero-order valence-corrected chi connectivity index (χ0v) is 5.35. The van der Waals surface area contributed by atoms with Crippen molar-refractivity contribution in [2.45, 2.75) is 18.4 Å². The molecule has 1 nitrogen and oxygen atoms in total. The van der Waals surface area contributed by atoms with Crippen molar-refractivity contribution < 1.29 is 4.48 Å². The molecule has 3 aliphatic rings. The van der Waals surface area contributed by atoms with Gasteiger partial charge in [-0.15, -0.1) is 0 Å². The number of hydrogen-bond donors (Lipinski definition) is 0. The maximum Gasteiger partial charge on any atom is 0.129 e. The Balaban J connectivity index is 1.99. The first-order valence-corrected chi connectivity index (χ1v) is 3.62. The summed E-state index contributed by atoms with van der Waals surface area (Å²) < 4.78 is 1.46. The molecule has 2 saturated carbocycles. The highest BCUT2D eigenvalue weighted by molar-refractivity contribution is 5.23. The second kappa shape index (κ2) is 0.688. The summed E-state index contributed by atoms with van der Waals surface area (Å²) in [6.07, 6.45) is 3.15.